The highest BCUT2D eigenvalue weighted by Gasteiger charge is 2.20. The molecule has 1 N–H and O–H groups in total. The number of halogens is 2. The molecule has 7 heteroatoms. The predicted octanol–water partition coefficient (Wildman–Crippen LogP) is 4.55. The van der Waals surface area contributed by atoms with Crippen molar-refractivity contribution in [3.63, 3.8) is 0 Å². The summed E-state index contributed by atoms with van der Waals surface area (Å²) in [5, 5.41) is 12.7. The summed E-state index contributed by atoms with van der Waals surface area (Å²) < 4.78 is 24.9. The molecule has 0 aliphatic carbocycles. The zero-order valence-electron chi connectivity index (χ0n) is 12.0. The van der Waals surface area contributed by atoms with E-state index in [0.29, 0.717) is 15.7 Å². The van der Waals surface area contributed by atoms with Crippen molar-refractivity contribution in [2.24, 2.45) is 0 Å². The first-order chi connectivity index (χ1) is 10.8. The van der Waals surface area contributed by atoms with E-state index in [4.69, 9.17) is 23.2 Å². The number of nitrogens with zero attached hydrogens (tertiary/aromatic N) is 1. The number of benzene rings is 2. The second-order valence-electron chi connectivity index (χ2n) is 4.74. The molecule has 118 valence electrons. The Morgan fingerprint density at radius 2 is 1.70 bits per heavy atom. The summed E-state index contributed by atoms with van der Waals surface area (Å²) in [5.41, 5.74) is 1.41. The minimum absolute atomic E-state index is 0.0572. The van der Waals surface area contributed by atoms with Crippen LogP contribution in [0.2, 0.25) is 10.0 Å². The average Bonchev–Trinajstić information content (AvgIpc) is 2.47. The van der Waals surface area contributed by atoms with E-state index in [-0.39, 0.29) is 4.90 Å². The van der Waals surface area contributed by atoms with Crippen LogP contribution in [0, 0.1) is 18.3 Å². The normalized spacial score (nSPS) is 11.8. The molecule has 0 saturated carbocycles. The highest BCUT2D eigenvalue weighted by molar-refractivity contribution is 7.95. The van der Waals surface area contributed by atoms with Crippen molar-refractivity contribution in [1.82, 2.24) is 0 Å². The SMILES string of the molecule is Cc1ccc(S(=O)(=O)/C(C#N)=C\Nc2cc(Cl)cc(Cl)c2)cc1. The zero-order chi connectivity index (χ0) is 17.0. The molecule has 2 aromatic rings. The fourth-order valence-corrected chi connectivity index (χ4v) is 3.41. The van der Waals surface area contributed by atoms with E-state index in [1.165, 1.54) is 12.1 Å². The lowest BCUT2D eigenvalue weighted by Gasteiger charge is -2.06. The Morgan fingerprint density at radius 1 is 1.13 bits per heavy atom. The van der Waals surface area contributed by atoms with E-state index >= 15 is 0 Å². The van der Waals surface area contributed by atoms with Crippen molar-refractivity contribution in [3.05, 3.63) is 69.2 Å². The fraction of sp³-hybridized carbons (Fsp3) is 0.0625. The summed E-state index contributed by atoms with van der Waals surface area (Å²) in [4.78, 5) is -0.348. The smallest absolute Gasteiger partial charge is 0.218 e. The lowest BCUT2D eigenvalue weighted by Crippen LogP contribution is -2.05. The van der Waals surface area contributed by atoms with Crippen LogP contribution in [0.5, 0.6) is 0 Å². The summed E-state index contributed by atoms with van der Waals surface area (Å²) in [6.07, 6.45) is 1.12. The topological polar surface area (TPSA) is 70.0 Å². The van der Waals surface area contributed by atoms with Gasteiger partial charge in [0.1, 0.15) is 6.07 Å². The first kappa shape index (κ1) is 17.4. The van der Waals surface area contributed by atoms with Crippen LogP contribution in [0.1, 0.15) is 5.56 Å². The minimum Gasteiger partial charge on any atom is -0.360 e. The number of hydrogen-bond donors (Lipinski definition) is 1. The Morgan fingerprint density at radius 3 is 2.22 bits per heavy atom. The maximum Gasteiger partial charge on any atom is 0.218 e. The summed E-state index contributed by atoms with van der Waals surface area (Å²) >= 11 is 11.7. The standard InChI is InChI=1S/C16H12Cl2N2O2S/c1-11-2-4-15(5-3-11)23(21,22)16(9-19)10-20-14-7-12(17)6-13(18)8-14/h2-8,10,20H,1H3/b16-10-. The highest BCUT2D eigenvalue weighted by atomic mass is 35.5. The van der Waals surface area contributed by atoms with E-state index in [1.54, 1.807) is 36.4 Å². The first-order valence-electron chi connectivity index (χ1n) is 6.47. The van der Waals surface area contributed by atoms with Gasteiger partial charge in [-0.05, 0) is 37.3 Å². The number of anilines is 1. The molecular formula is C16H12Cl2N2O2S. The Hall–Kier alpha value is -2.00. The van der Waals surface area contributed by atoms with Gasteiger partial charge in [-0.25, -0.2) is 8.42 Å². The molecule has 0 bridgehead atoms. The van der Waals surface area contributed by atoms with Crippen molar-refractivity contribution >= 4 is 38.7 Å². The van der Waals surface area contributed by atoms with E-state index in [2.05, 4.69) is 5.32 Å². The van der Waals surface area contributed by atoms with Gasteiger partial charge in [-0.3, -0.25) is 0 Å². The Labute approximate surface area is 144 Å². The minimum atomic E-state index is -3.89. The molecule has 0 saturated heterocycles. The van der Waals surface area contributed by atoms with Gasteiger partial charge in [0.25, 0.3) is 0 Å². The molecule has 0 amide bonds. The molecule has 2 aromatic carbocycles. The van der Waals surface area contributed by atoms with E-state index in [1.807, 2.05) is 6.92 Å². The third kappa shape index (κ3) is 4.26. The quantitative estimate of drug-likeness (QED) is 0.805. The molecule has 0 aliphatic heterocycles. The van der Waals surface area contributed by atoms with Crippen LogP contribution < -0.4 is 5.32 Å². The molecule has 0 atom stereocenters. The van der Waals surface area contributed by atoms with E-state index < -0.39 is 14.7 Å². The maximum atomic E-state index is 12.4. The van der Waals surface area contributed by atoms with E-state index in [0.717, 1.165) is 11.8 Å². The zero-order valence-corrected chi connectivity index (χ0v) is 14.4. The van der Waals surface area contributed by atoms with Gasteiger partial charge in [0.2, 0.25) is 9.84 Å². The molecule has 0 radical (unpaired) electrons. The van der Waals surface area contributed by atoms with Crippen LogP contribution in [0.25, 0.3) is 0 Å². The average molecular weight is 367 g/mol. The summed E-state index contributed by atoms with van der Waals surface area (Å²) in [6.45, 7) is 1.85. The van der Waals surface area contributed by atoms with Crippen molar-refractivity contribution in [3.8, 4) is 6.07 Å². The number of hydrogen-bond acceptors (Lipinski definition) is 4. The lowest BCUT2D eigenvalue weighted by atomic mass is 10.2. The molecule has 0 fully saturated rings. The summed E-state index contributed by atoms with van der Waals surface area (Å²) in [7, 11) is -3.89. The van der Waals surface area contributed by atoms with E-state index in [9.17, 15) is 13.7 Å². The number of rotatable bonds is 4. The maximum absolute atomic E-state index is 12.4. The van der Waals surface area contributed by atoms with Gasteiger partial charge in [0.15, 0.2) is 4.91 Å². The number of allylic oxidation sites excluding steroid dienone is 1. The molecule has 4 nitrogen and oxygen atoms in total. The first-order valence-corrected chi connectivity index (χ1v) is 8.71. The molecule has 0 spiro atoms. The van der Waals surface area contributed by atoms with Crippen LogP contribution in [0.15, 0.2) is 58.5 Å². The van der Waals surface area contributed by atoms with Crippen molar-refractivity contribution in [2.75, 3.05) is 5.32 Å². The van der Waals surface area contributed by atoms with Crippen LogP contribution in [-0.2, 0) is 9.84 Å². The monoisotopic (exact) mass is 366 g/mol. The molecule has 0 aromatic heterocycles. The number of nitriles is 1. The molecule has 2 rings (SSSR count). The molecule has 0 heterocycles. The third-order valence-corrected chi connectivity index (χ3v) is 5.08. The van der Waals surface area contributed by atoms with Crippen LogP contribution in [0.3, 0.4) is 0 Å². The van der Waals surface area contributed by atoms with Crippen molar-refractivity contribution in [1.29, 1.82) is 5.26 Å². The predicted molar refractivity (Wildman–Crippen MR) is 92.1 cm³/mol. The van der Waals surface area contributed by atoms with Crippen LogP contribution in [0.4, 0.5) is 5.69 Å². The summed E-state index contributed by atoms with van der Waals surface area (Å²) in [6, 6.07) is 12.7. The van der Waals surface area contributed by atoms with Crippen molar-refractivity contribution in [2.45, 2.75) is 11.8 Å². The number of nitrogens with one attached hydrogen (secondary N) is 1. The van der Waals surface area contributed by atoms with Gasteiger partial charge in [0, 0.05) is 21.9 Å². The van der Waals surface area contributed by atoms with Crippen LogP contribution >= 0.6 is 23.2 Å². The number of sulfone groups is 1. The van der Waals surface area contributed by atoms with Gasteiger partial charge >= 0.3 is 0 Å². The Kier molecular flexibility index (Phi) is 5.32. The molecule has 0 aliphatic rings. The fourth-order valence-electron chi connectivity index (χ4n) is 1.80. The second-order valence-corrected chi connectivity index (χ2v) is 7.53. The lowest BCUT2D eigenvalue weighted by molar-refractivity contribution is 0.603. The van der Waals surface area contributed by atoms with Crippen LogP contribution in [-0.4, -0.2) is 8.42 Å². The molecular weight excluding hydrogens is 355 g/mol. The second kappa shape index (κ2) is 7.05. The molecule has 0 unspecified atom stereocenters. The Balaban J connectivity index is 2.35. The van der Waals surface area contributed by atoms with Crippen molar-refractivity contribution < 1.29 is 8.42 Å². The largest absolute Gasteiger partial charge is 0.360 e. The van der Waals surface area contributed by atoms with Gasteiger partial charge in [-0.1, -0.05) is 40.9 Å². The van der Waals surface area contributed by atoms with Gasteiger partial charge in [0.05, 0.1) is 4.90 Å². The number of aryl methyl sites for hydroxylation is 1. The Bertz CT molecular complexity index is 878. The summed E-state index contributed by atoms with van der Waals surface area (Å²) in [5.74, 6) is 0. The highest BCUT2D eigenvalue weighted by Crippen LogP contribution is 2.24. The van der Waals surface area contributed by atoms with Gasteiger partial charge < -0.3 is 5.32 Å². The third-order valence-electron chi connectivity index (χ3n) is 2.96. The van der Waals surface area contributed by atoms with Gasteiger partial charge in [-0.15, -0.1) is 0 Å². The van der Waals surface area contributed by atoms with Gasteiger partial charge in [-0.2, -0.15) is 5.26 Å². The molecule has 23 heavy (non-hydrogen) atoms.